The second kappa shape index (κ2) is 9.93. The number of benzene rings is 3. The van der Waals surface area contributed by atoms with E-state index in [0.29, 0.717) is 27.6 Å². The van der Waals surface area contributed by atoms with E-state index in [-0.39, 0.29) is 23.0 Å². The smallest absolute Gasteiger partial charge is 0.228 e. The first-order chi connectivity index (χ1) is 15.5. The van der Waals surface area contributed by atoms with Gasteiger partial charge in [-0.25, -0.2) is 12.8 Å². The number of nitrogens with one attached hydrogen (secondary N) is 1. The second-order valence-electron chi connectivity index (χ2n) is 8.03. The average molecular weight is 490 g/mol. The van der Waals surface area contributed by atoms with Crippen LogP contribution in [0.2, 0.25) is 5.02 Å². The van der Waals surface area contributed by atoms with Gasteiger partial charge in [0.1, 0.15) is 17.2 Å². The predicted octanol–water partition coefficient (Wildman–Crippen LogP) is 5.77. The highest BCUT2D eigenvalue weighted by Gasteiger charge is 2.26. The molecule has 0 spiro atoms. The van der Waals surface area contributed by atoms with E-state index in [9.17, 15) is 17.6 Å². The Kier molecular flexibility index (Phi) is 7.44. The summed E-state index contributed by atoms with van der Waals surface area (Å²) in [5.74, 6) is -0.145. The standard InChI is InChI=1S/C25H25ClFNO4S/c1-4-33(30,31)21-12-5-17(6-13-21)15-24(29)28-19-8-10-20(11-9-19)32-25(2,3)22-14-7-18(26)16-23(22)27/h5-14,16H,4,15H2,1-3H3,(H,28,29). The van der Waals surface area contributed by atoms with E-state index >= 15 is 0 Å². The van der Waals surface area contributed by atoms with E-state index in [2.05, 4.69) is 5.32 Å². The third kappa shape index (κ3) is 6.33. The number of amides is 1. The molecule has 0 aliphatic carbocycles. The van der Waals surface area contributed by atoms with Crippen LogP contribution in [0.3, 0.4) is 0 Å². The Balaban J connectivity index is 1.61. The number of hydrogen-bond donors (Lipinski definition) is 1. The zero-order chi connectivity index (χ0) is 24.2. The van der Waals surface area contributed by atoms with Gasteiger partial charge in [0.05, 0.1) is 17.1 Å². The molecule has 1 amide bonds. The molecule has 3 rings (SSSR count). The van der Waals surface area contributed by atoms with Gasteiger partial charge in [0.25, 0.3) is 0 Å². The maximum absolute atomic E-state index is 14.3. The molecule has 0 saturated heterocycles. The lowest BCUT2D eigenvalue weighted by Gasteiger charge is -2.27. The number of anilines is 1. The van der Waals surface area contributed by atoms with Gasteiger partial charge in [-0.3, -0.25) is 4.79 Å². The van der Waals surface area contributed by atoms with Crippen LogP contribution >= 0.6 is 11.6 Å². The Bertz CT molecular complexity index is 1240. The Hall–Kier alpha value is -2.90. The zero-order valence-corrected chi connectivity index (χ0v) is 20.1. The Labute approximate surface area is 198 Å². The summed E-state index contributed by atoms with van der Waals surface area (Å²) in [5.41, 5.74) is 0.723. The van der Waals surface area contributed by atoms with Gasteiger partial charge in [0.15, 0.2) is 9.84 Å². The fraction of sp³-hybridized carbons (Fsp3) is 0.240. The Morgan fingerprint density at radius 2 is 1.67 bits per heavy atom. The predicted molar refractivity (Wildman–Crippen MR) is 128 cm³/mol. The third-order valence-electron chi connectivity index (χ3n) is 5.12. The molecule has 0 unspecified atom stereocenters. The van der Waals surface area contributed by atoms with Crippen molar-refractivity contribution in [3.05, 3.63) is 88.7 Å². The normalized spacial score (nSPS) is 11.8. The summed E-state index contributed by atoms with van der Waals surface area (Å²) in [5, 5.41) is 3.11. The molecular weight excluding hydrogens is 465 g/mol. The van der Waals surface area contributed by atoms with Crippen molar-refractivity contribution in [2.75, 3.05) is 11.1 Å². The minimum atomic E-state index is -3.27. The molecule has 0 aliphatic rings. The second-order valence-corrected chi connectivity index (χ2v) is 10.7. The SMILES string of the molecule is CCS(=O)(=O)c1ccc(CC(=O)Nc2ccc(OC(C)(C)c3ccc(Cl)cc3F)cc2)cc1. The lowest BCUT2D eigenvalue weighted by Crippen LogP contribution is -2.26. The van der Waals surface area contributed by atoms with Crippen molar-refractivity contribution in [1.82, 2.24) is 0 Å². The molecule has 8 heteroatoms. The van der Waals surface area contributed by atoms with Crippen LogP contribution in [0.5, 0.6) is 5.75 Å². The summed E-state index contributed by atoms with van der Waals surface area (Å²) in [7, 11) is -3.27. The maximum Gasteiger partial charge on any atom is 0.228 e. The molecule has 5 nitrogen and oxygen atoms in total. The summed E-state index contributed by atoms with van der Waals surface area (Å²) >= 11 is 5.83. The summed E-state index contributed by atoms with van der Waals surface area (Å²) in [6.45, 7) is 5.10. The molecule has 174 valence electrons. The highest BCUT2D eigenvalue weighted by atomic mass is 35.5. The lowest BCUT2D eigenvalue weighted by molar-refractivity contribution is -0.115. The molecule has 0 heterocycles. The fourth-order valence-corrected chi connectivity index (χ4v) is 4.35. The van der Waals surface area contributed by atoms with Crippen LogP contribution in [0.25, 0.3) is 0 Å². The molecule has 0 fully saturated rings. The van der Waals surface area contributed by atoms with Gasteiger partial charge in [-0.2, -0.15) is 0 Å². The molecule has 0 radical (unpaired) electrons. The van der Waals surface area contributed by atoms with Gasteiger partial charge in [-0.05, 0) is 67.9 Å². The number of carbonyl (C=O) groups excluding carboxylic acids is 1. The van der Waals surface area contributed by atoms with Crippen molar-refractivity contribution >= 4 is 33.0 Å². The molecule has 0 bridgehead atoms. The van der Waals surface area contributed by atoms with Crippen LogP contribution in [-0.4, -0.2) is 20.1 Å². The van der Waals surface area contributed by atoms with Gasteiger partial charge in [0, 0.05) is 16.3 Å². The topological polar surface area (TPSA) is 72.5 Å². The summed E-state index contributed by atoms with van der Waals surface area (Å²) in [6, 6.07) is 17.5. The van der Waals surface area contributed by atoms with Gasteiger partial charge in [-0.15, -0.1) is 0 Å². The quantitative estimate of drug-likeness (QED) is 0.436. The Morgan fingerprint density at radius 1 is 1.03 bits per heavy atom. The molecule has 0 aliphatic heterocycles. The van der Waals surface area contributed by atoms with Crippen LogP contribution < -0.4 is 10.1 Å². The number of sulfone groups is 1. The maximum atomic E-state index is 14.3. The molecule has 3 aromatic rings. The zero-order valence-electron chi connectivity index (χ0n) is 18.6. The van der Waals surface area contributed by atoms with Crippen molar-refractivity contribution in [2.45, 2.75) is 37.7 Å². The number of rotatable bonds is 8. The lowest BCUT2D eigenvalue weighted by atomic mass is 9.97. The van der Waals surface area contributed by atoms with E-state index in [1.807, 2.05) is 0 Å². The summed E-state index contributed by atoms with van der Waals surface area (Å²) in [4.78, 5) is 12.6. The van der Waals surface area contributed by atoms with E-state index in [4.69, 9.17) is 16.3 Å². The van der Waals surface area contributed by atoms with Crippen molar-refractivity contribution < 1.29 is 22.3 Å². The number of halogens is 2. The highest BCUT2D eigenvalue weighted by molar-refractivity contribution is 7.91. The molecule has 0 atom stereocenters. The minimum Gasteiger partial charge on any atom is -0.483 e. The van der Waals surface area contributed by atoms with E-state index in [1.165, 1.54) is 18.2 Å². The first-order valence-electron chi connectivity index (χ1n) is 10.4. The largest absolute Gasteiger partial charge is 0.483 e. The first kappa shape index (κ1) is 24.7. The molecule has 33 heavy (non-hydrogen) atoms. The first-order valence-corrected chi connectivity index (χ1v) is 12.4. The summed E-state index contributed by atoms with van der Waals surface area (Å²) in [6.07, 6.45) is 0.105. The molecule has 1 N–H and O–H groups in total. The number of carbonyl (C=O) groups is 1. The van der Waals surface area contributed by atoms with Crippen molar-refractivity contribution in [1.29, 1.82) is 0 Å². The number of hydrogen-bond acceptors (Lipinski definition) is 4. The van der Waals surface area contributed by atoms with Crippen molar-refractivity contribution in [2.24, 2.45) is 0 Å². The van der Waals surface area contributed by atoms with Crippen molar-refractivity contribution in [3.63, 3.8) is 0 Å². The van der Waals surface area contributed by atoms with Crippen LogP contribution in [0.4, 0.5) is 10.1 Å². The van der Waals surface area contributed by atoms with Crippen LogP contribution in [-0.2, 0) is 26.7 Å². The van der Waals surface area contributed by atoms with Gasteiger partial charge < -0.3 is 10.1 Å². The highest BCUT2D eigenvalue weighted by Crippen LogP contribution is 2.31. The van der Waals surface area contributed by atoms with Crippen LogP contribution in [0.1, 0.15) is 31.9 Å². The molecule has 3 aromatic carbocycles. The van der Waals surface area contributed by atoms with E-state index in [1.54, 1.807) is 69.3 Å². The van der Waals surface area contributed by atoms with E-state index in [0.717, 1.165) is 0 Å². The van der Waals surface area contributed by atoms with Gasteiger partial charge in [0.2, 0.25) is 5.91 Å². The van der Waals surface area contributed by atoms with Crippen molar-refractivity contribution in [3.8, 4) is 5.75 Å². The minimum absolute atomic E-state index is 0.0262. The fourth-order valence-electron chi connectivity index (χ4n) is 3.31. The third-order valence-corrected chi connectivity index (χ3v) is 7.10. The van der Waals surface area contributed by atoms with Crippen LogP contribution in [0, 0.1) is 5.82 Å². The monoisotopic (exact) mass is 489 g/mol. The molecule has 0 aromatic heterocycles. The summed E-state index contributed by atoms with van der Waals surface area (Å²) < 4.78 is 44.0. The molecule has 0 saturated carbocycles. The van der Waals surface area contributed by atoms with Crippen LogP contribution in [0.15, 0.2) is 71.6 Å². The average Bonchev–Trinajstić information content (AvgIpc) is 2.75. The van der Waals surface area contributed by atoms with Gasteiger partial charge in [-0.1, -0.05) is 36.7 Å². The van der Waals surface area contributed by atoms with Gasteiger partial charge >= 0.3 is 0 Å². The Morgan fingerprint density at radius 3 is 2.24 bits per heavy atom. The van der Waals surface area contributed by atoms with E-state index < -0.39 is 21.3 Å². The molecular formula is C25H25ClFNO4S. The number of ether oxygens (including phenoxy) is 1.